The van der Waals surface area contributed by atoms with Crippen LogP contribution in [-0.4, -0.2) is 63.3 Å². The number of ether oxygens (including phenoxy) is 3. The van der Waals surface area contributed by atoms with E-state index in [0.717, 1.165) is 103 Å². The lowest BCUT2D eigenvalue weighted by molar-refractivity contribution is -0.0592. The van der Waals surface area contributed by atoms with Crippen molar-refractivity contribution in [2.24, 2.45) is 0 Å². The Morgan fingerprint density at radius 2 is 1.93 bits per heavy atom. The number of nitrogens with zero attached hydrogens (tertiary/aromatic N) is 6. The molecule has 2 fully saturated rings. The van der Waals surface area contributed by atoms with Crippen LogP contribution < -0.4 is 4.74 Å². The molecule has 0 aliphatic carbocycles. The highest BCUT2D eigenvalue weighted by Gasteiger charge is 2.25. The fourth-order valence-electron chi connectivity index (χ4n) is 6.33. The molecule has 0 saturated carbocycles. The molecule has 1 unspecified atom stereocenters. The number of aromatic nitrogens is 4. The van der Waals surface area contributed by atoms with Gasteiger partial charge in [0.1, 0.15) is 17.4 Å². The highest BCUT2D eigenvalue weighted by molar-refractivity contribution is 7.18. The predicted octanol–water partition coefficient (Wildman–Crippen LogP) is 6.23. The molecule has 0 bridgehead atoms. The summed E-state index contributed by atoms with van der Waals surface area (Å²) in [5.74, 6) is 1.59. The molecule has 0 N–H and O–H groups in total. The lowest BCUT2D eigenvalue weighted by atomic mass is 9.92. The monoisotopic (exact) mass is 636 g/mol. The van der Waals surface area contributed by atoms with Crippen molar-refractivity contribution in [3.05, 3.63) is 82.3 Å². The molecular weight excluding hydrogens is 600 g/mol. The maximum absolute atomic E-state index is 12.3. The Hall–Kier alpha value is -4.37. The minimum Gasteiger partial charge on any atom is -0.470 e. The molecule has 5 heterocycles. The van der Waals surface area contributed by atoms with Crippen molar-refractivity contribution in [2.45, 2.75) is 63.8 Å². The molecule has 0 radical (unpaired) electrons. The van der Waals surface area contributed by atoms with Crippen LogP contribution in [0.25, 0.3) is 21.3 Å². The summed E-state index contributed by atoms with van der Waals surface area (Å²) in [5.41, 5.74) is 4.92. The van der Waals surface area contributed by atoms with Crippen molar-refractivity contribution in [2.75, 3.05) is 26.8 Å². The number of pyridine rings is 1. The van der Waals surface area contributed by atoms with Crippen LogP contribution in [0.15, 0.2) is 54.6 Å². The number of hydrogen-bond donors (Lipinski definition) is 0. The van der Waals surface area contributed by atoms with E-state index in [0.29, 0.717) is 29.5 Å². The Morgan fingerprint density at radius 1 is 1.04 bits per heavy atom. The number of fused-ring (bicyclic) bond motifs is 2. The van der Waals surface area contributed by atoms with E-state index in [4.69, 9.17) is 24.2 Å². The van der Waals surface area contributed by atoms with Gasteiger partial charge in [-0.25, -0.2) is 19.7 Å². The smallest absolute Gasteiger partial charge is 0.337 e. The van der Waals surface area contributed by atoms with Crippen molar-refractivity contribution in [1.29, 1.82) is 5.26 Å². The standard InChI is InChI=1S/C35H36N6O4S/c1-43-35(42)25-9-11-28-30(18-25)41(20-26-13-16-44-26)32(37-28)21-40-14-3-2-5-24(12-15-40)27-6-4-7-33(38-27)45-22-34-39-29-10-8-23(19-36)17-31(29)46-34/h4,6-11,17-18,24,26H,2-3,5,12-16,20-22H2,1H3/t24?,26-/m0/s1. The van der Waals surface area contributed by atoms with E-state index in [1.165, 1.54) is 7.11 Å². The zero-order chi connectivity index (χ0) is 31.5. The summed E-state index contributed by atoms with van der Waals surface area (Å²) in [4.78, 5) is 29.4. The number of hydrogen-bond acceptors (Lipinski definition) is 10. The van der Waals surface area contributed by atoms with Gasteiger partial charge in [0.2, 0.25) is 5.88 Å². The average molecular weight is 637 g/mol. The number of imidazole rings is 1. The van der Waals surface area contributed by atoms with Gasteiger partial charge in [-0.05, 0) is 81.2 Å². The van der Waals surface area contributed by atoms with Gasteiger partial charge in [0.25, 0.3) is 0 Å². The Kier molecular flexibility index (Phi) is 8.92. The number of esters is 1. The quantitative estimate of drug-likeness (QED) is 0.174. The van der Waals surface area contributed by atoms with Crippen molar-refractivity contribution >= 4 is 38.6 Å². The molecule has 236 valence electrons. The first-order valence-corrected chi connectivity index (χ1v) is 16.7. The number of benzene rings is 2. The van der Waals surface area contributed by atoms with E-state index >= 15 is 0 Å². The van der Waals surface area contributed by atoms with Crippen molar-refractivity contribution in [1.82, 2.24) is 24.4 Å². The molecule has 10 nitrogen and oxygen atoms in total. The molecule has 11 heteroatoms. The maximum atomic E-state index is 12.3. The van der Waals surface area contributed by atoms with Gasteiger partial charge in [0.15, 0.2) is 0 Å². The molecule has 0 spiro atoms. The molecule has 2 aromatic carbocycles. The van der Waals surface area contributed by atoms with Crippen LogP contribution in [0.4, 0.5) is 0 Å². The van der Waals surface area contributed by atoms with E-state index in [2.05, 4.69) is 26.6 Å². The predicted molar refractivity (Wildman–Crippen MR) is 175 cm³/mol. The van der Waals surface area contributed by atoms with E-state index in [-0.39, 0.29) is 12.1 Å². The number of nitriles is 1. The van der Waals surface area contributed by atoms with Crippen LogP contribution in [0.3, 0.4) is 0 Å². The summed E-state index contributed by atoms with van der Waals surface area (Å²) in [6, 6.07) is 19.3. The molecule has 2 atom stereocenters. The van der Waals surface area contributed by atoms with Gasteiger partial charge in [0, 0.05) is 24.3 Å². The highest BCUT2D eigenvalue weighted by atomic mass is 32.1. The molecular formula is C35H36N6O4S. The Bertz CT molecular complexity index is 1910. The lowest BCUT2D eigenvalue weighted by Gasteiger charge is -2.30. The fourth-order valence-corrected chi connectivity index (χ4v) is 7.25. The zero-order valence-electron chi connectivity index (χ0n) is 25.9. The van der Waals surface area contributed by atoms with Gasteiger partial charge in [-0.15, -0.1) is 11.3 Å². The second-order valence-electron chi connectivity index (χ2n) is 12.0. The Balaban J connectivity index is 1.03. The maximum Gasteiger partial charge on any atom is 0.337 e. The van der Waals surface area contributed by atoms with Crippen LogP contribution >= 0.6 is 11.3 Å². The number of methoxy groups -OCH3 is 1. The molecule has 7 rings (SSSR count). The Morgan fingerprint density at radius 3 is 2.76 bits per heavy atom. The summed E-state index contributed by atoms with van der Waals surface area (Å²) in [5, 5.41) is 10.0. The van der Waals surface area contributed by atoms with Crippen LogP contribution in [0, 0.1) is 11.3 Å². The summed E-state index contributed by atoms with van der Waals surface area (Å²) in [7, 11) is 1.41. The SMILES string of the molecule is COC(=O)c1ccc2nc(CN3CCCCC(c4cccc(OCc5nc6ccc(C#N)cc6s5)n4)CC3)n(C[C@@H]3CCO3)c2c1. The molecule has 46 heavy (non-hydrogen) atoms. The van der Waals surface area contributed by atoms with E-state index in [1.54, 1.807) is 23.5 Å². The second kappa shape index (κ2) is 13.5. The summed E-state index contributed by atoms with van der Waals surface area (Å²) in [6.07, 6.45) is 5.52. The lowest BCUT2D eigenvalue weighted by Crippen LogP contribution is -2.33. The molecule has 3 aromatic heterocycles. The summed E-state index contributed by atoms with van der Waals surface area (Å²) >= 11 is 1.54. The normalized spacial score (nSPS) is 18.9. The molecule has 2 aliphatic rings. The van der Waals surface area contributed by atoms with Crippen LogP contribution in [0.1, 0.15) is 70.5 Å². The summed E-state index contributed by atoms with van der Waals surface area (Å²) < 4.78 is 20.1. The molecule has 2 aliphatic heterocycles. The third-order valence-electron chi connectivity index (χ3n) is 8.93. The fraction of sp³-hybridized carbons (Fsp3) is 0.400. The topological polar surface area (TPSA) is 115 Å². The molecule has 2 saturated heterocycles. The third-order valence-corrected chi connectivity index (χ3v) is 9.92. The van der Waals surface area contributed by atoms with Crippen LogP contribution in [0.5, 0.6) is 5.88 Å². The molecule has 0 amide bonds. The van der Waals surface area contributed by atoms with Crippen molar-refractivity contribution in [3.8, 4) is 11.9 Å². The van der Waals surface area contributed by atoms with E-state index in [1.807, 2.05) is 36.4 Å². The highest BCUT2D eigenvalue weighted by Crippen LogP contribution is 2.30. The number of likely N-dealkylation sites (tertiary alicyclic amines) is 1. The first-order chi connectivity index (χ1) is 22.6. The van der Waals surface area contributed by atoms with E-state index < -0.39 is 0 Å². The van der Waals surface area contributed by atoms with Crippen LogP contribution in [0.2, 0.25) is 0 Å². The number of rotatable bonds is 9. The third kappa shape index (κ3) is 6.60. The van der Waals surface area contributed by atoms with Crippen LogP contribution in [-0.2, 0) is 29.2 Å². The number of carbonyl (C=O) groups is 1. The van der Waals surface area contributed by atoms with Crippen molar-refractivity contribution in [3.63, 3.8) is 0 Å². The summed E-state index contributed by atoms with van der Waals surface area (Å²) in [6.45, 7) is 4.53. The largest absolute Gasteiger partial charge is 0.470 e. The van der Waals surface area contributed by atoms with Gasteiger partial charge >= 0.3 is 5.97 Å². The minimum absolute atomic E-state index is 0.168. The average Bonchev–Trinajstić information content (AvgIpc) is 3.62. The van der Waals surface area contributed by atoms with Gasteiger partial charge in [-0.3, -0.25) is 4.90 Å². The van der Waals surface area contributed by atoms with E-state index in [9.17, 15) is 10.1 Å². The van der Waals surface area contributed by atoms with Gasteiger partial charge in [-0.1, -0.05) is 12.5 Å². The first kappa shape index (κ1) is 30.3. The van der Waals surface area contributed by atoms with Gasteiger partial charge in [-0.2, -0.15) is 5.26 Å². The second-order valence-corrected chi connectivity index (χ2v) is 13.1. The molecule has 5 aromatic rings. The van der Waals surface area contributed by atoms with Gasteiger partial charge in [0.05, 0.1) is 64.7 Å². The number of carbonyl (C=O) groups excluding carboxylic acids is 1. The first-order valence-electron chi connectivity index (χ1n) is 15.9. The minimum atomic E-state index is -0.346. The Labute approximate surface area is 271 Å². The number of thiazole rings is 1. The van der Waals surface area contributed by atoms with Gasteiger partial charge < -0.3 is 18.8 Å². The van der Waals surface area contributed by atoms with Crippen molar-refractivity contribution < 1.29 is 19.0 Å². The zero-order valence-corrected chi connectivity index (χ0v) is 26.7.